The highest BCUT2D eigenvalue weighted by Crippen LogP contribution is 2.58. The van der Waals surface area contributed by atoms with Crippen molar-refractivity contribution < 1.29 is 14.7 Å². The molecule has 0 saturated heterocycles. The first kappa shape index (κ1) is 14.9. The number of hydrogen-bond donors (Lipinski definition) is 2. The minimum atomic E-state index is -0.912. The molecule has 3 unspecified atom stereocenters. The number of aliphatic carboxylic acids is 1. The van der Waals surface area contributed by atoms with Gasteiger partial charge < -0.3 is 10.4 Å². The minimum Gasteiger partial charge on any atom is -0.481 e. The fraction of sp³-hybridized carbons (Fsp3) is 0.467. The van der Waals surface area contributed by atoms with E-state index in [-0.39, 0.29) is 11.9 Å². The van der Waals surface area contributed by atoms with Crippen LogP contribution in [0.3, 0.4) is 0 Å². The number of benzene rings is 1. The SMILES string of the molecule is CC(NC(=O)C1C(C(=O)O)C1(C)C)c1cccc(Cl)c1. The maximum absolute atomic E-state index is 12.2. The van der Waals surface area contributed by atoms with Gasteiger partial charge in [0.25, 0.3) is 0 Å². The van der Waals surface area contributed by atoms with E-state index in [1.54, 1.807) is 26.0 Å². The highest BCUT2D eigenvalue weighted by molar-refractivity contribution is 6.30. The van der Waals surface area contributed by atoms with Crippen molar-refractivity contribution in [1.29, 1.82) is 0 Å². The molecule has 3 atom stereocenters. The molecule has 1 aromatic rings. The maximum Gasteiger partial charge on any atom is 0.307 e. The maximum atomic E-state index is 12.2. The smallest absolute Gasteiger partial charge is 0.307 e. The lowest BCUT2D eigenvalue weighted by molar-refractivity contribution is -0.140. The van der Waals surface area contributed by atoms with Crippen LogP contribution in [0.25, 0.3) is 0 Å². The third-order valence-electron chi connectivity index (χ3n) is 4.08. The monoisotopic (exact) mass is 295 g/mol. The van der Waals surface area contributed by atoms with Crippen LogP contribution in [0.1, 0.15) is 32.4 Å². The number of carboxylic acids is 1. The second-order valence-electron chi connectivity index (χ2n) is 5.90. The molecule has 1 amide bonds. The normalized spacial score (nSPS) is 24.8. The number of carbonyl (C=O) groups is 2. The van der Waals surface area contributed by atoms with Crippen molar-refractivity contribution in [3.05, 3.63) is 34.9 Å². The van der Waals surface area contributed by atoms with Gasteiger partial charge in [0.2, 0.25) is 5.91 Å². The Balaban J connectivity index is 2.04. The van der Waals surface area contributed by atoms with E-state index in [0.29, 0.717) is 5.02 Å². The Morgan fingerprint density at radius 2 is 2.00 bits per heavy atom. The van der Waals surface area contributed by atoms with Crippen LogP contribution < -0.4 is 5.32 Å². The molecule has 1 aliphatic carbocycles. The van der Waals surface area contributed by atoms with Gasteiger partial charge >= 0.3 is 5.97 Å². The van der Waals surface area contributed by atoms with Crippen molar-refractivity contribution in [2.24, 2.45) is 17.3 Å². The van der Waals surface area contributed by atoms with Crippen molar-refractivity contribution in [3.63, 3.8) is 0 Å². The van der Waals surface area contributed by atoms with E-state index < -0.39 is 23.2 Å². The summed E-state index contributed by atoms with van der Waals surface area (Å²) in [6, 6.07) is 7.06. The Bertz CT molecular complexity index is 556. The Kier molecular flexibility index (Phi) is 3.78. The standard InChI is InChI=1S/C15H18ClNO3/c1-8(9-5-4-6-10(16)7-9)17-13(18)11-12(14(19)20)15(11,2)3/h4-8,11-12H,1-3H3,(H,17,18)(H,19,20). The van der Waals surface area contributed by atoms with Crippen molar-refractivity contribution in [2.45, 2.75) is 26.8 Å². The average Bonchev–Trinajstić information content (AvgIpc) is 2.92. The molecule has 108 valence electrons. The summed E-state index contributed by atoms with van der Waals surface area (Å²) in [6.45, 7) is 5.47. The minimum absolute atomic E-state index is 0.202. The number of rotatable bonds is 4. The Hall–Kier alpha value is -1.55. The molecular formula is C15H18ClNO3. The van der Waals surface area contributed by atoms with E-state index in [4.69, 9.17) is 16.7 Å². The summed E-state index contributed by atoms with van der Waals surface area (Å²) in [4.78, 5) is 23.3. The number of hydrogen-bond acceptors (Lipinski definition) is 2. The summed E-state index contributed by atoms with van der Waals surface area (Å²) >= 11 is 5.92. The first-order valence-electron chi connectivity index (χ1n) is 6.53. The molecule has 2 rings (SSSR count). The lowest BCUT2D eigenvalue weighted by Crippen LogP contribution is -2.30. The van der Waals surface area contributed by atoms with E-state index in [0.717, 1.165) is 5.56 Å². The number of amides is 1. The zero-order valence-corrected chi connectivity index (χ0v) is 12.4. The zero-order valence-electron chi connectivity index (χ0n) is 11.7. The van der Waals surface area contributed by atoms with Crippen molar-refractivity contribution >= 4 is 23.5 Å². The van der Waals surface area contributed by atoms with Gasteiger partial charge in [-0.25, -0.2) is 0 Å². The van der Waals surface area contributed by atoms with Crippen LogP contribution in [0.4, 0.5) is 0 Å². The van der Waals surface area contributed by atoms with Gasteiger partial charge in [0.1, 0.15) is 0 Å². The topological polar surface area (TPSA) is 66.4 Å². The largest absolute Gasteiger partial charge is 0.481 e. The van der Waals surface area contributed by atoms with Crippen LogP contribution in [-0.4, -0.2) is 17.0 Å². The van der Waals surface area contributed by atoms with Gasteiger partial charge in [-0.05, 0) is 30.0 Å². The molecule has 0 aromatic heterocycles. The number of carbonyl (C=O) groups excluding carboxylic acids is 1. The van der Waals surface area contributed by atoms with E-state index in [1.807, 2.05) is 19.1 Å². The van der Waals surface area contributed by atoms with Crippen LogP contribution in [0.15, 0.2) is 24.3 Å². The molecule has 1 fully saturated rings. The van der Waals surface area contributed by atoms with Gasteiger partial charge in [0, 0.05) is 5.02 Å². The molecule has 20 heavy (non-hydrogen) atoms. The zero-order chi connectivity index (χ0) is 15.1. The van der Waals surface area contributed by atoms with Crippen LogP contribution in [-0.2, 0) is 9.59 Å². The summed E-state index contributed by atoms with van der Waals surface area (Å²) < 4.78 is 0. The summed E-state index contributed by atoms with van der Waals surface area (Å²) in [7, 11) is 0. The highest BCUT2D eigenvalue weighted by atomic mass is 35.5. The van der Waals surface area contributed by atoms with Crippen LogP contribution >= 0.6 is 11.6 Å². The van der Waals surface area contributed by atoms with E-state index in [2.05, 4.69) is 5.32 Å². The lowest BCUT2D eigenvalue weighted by atomic mass is 10.1. The quantitative estimate of drug-likeness (QED) is 0.897. The Morgan fingerprint density at radius 1 is 1.35 bits per heavy atom. The molecule has 2 N–H and O–H groups in total. The molecule has 0 radical (unpaired) electrons. The molecular weight excluding hydrogens is 278 g/mol. The fourth-order valence-corrected chi connectivity index (χ4v) is 2.95. The van der Waals surface area contributed by atoms with Gasteiger partial charge in [0.15, 0.2) is 0 Å². The molecule has 1 aliphatic rings. The van der Waals surface area contributed by atoms with E-state index in [9.17, 15) is 9.59 Å². The van der Waals surface area contributed by atoms with Crippen LogP contribution in [0.2, 0.25) is 5.02 Å². The van der Waals surface area contributed by atoms with Gasteiger partial charge in [-0.1, -0.05) is 37.6 Å². The molecule has 0 bridgehead atoms. The van der Waals surface area contributed by atoms with Crippen LogP contribution in [0, 0.1) is 17.3 Å². The van der Waals surface area contributed by atoms with Crippen LogP contribution in [0.5, 0.6) is 0 Å². The Labute approximate surface area is 123 Å². The Morgan fingerprint density at radius 3 is 2.50 bits per heavy atom. The fourth-order valence-electron chi connectivity index (χ4n) is 2.75. The van der Waals surface area contributed by atoms with E-state index >= 15 is 0 Å². The molecule has 1 saturated carbocycles. The number of halogens is 1. The molecule has 0 heterocycles. The van der Waals surface area contributed by atoms with Crippen molar-refractivity contribution in [2.75, 3.05) is 0 Å². The first-order chi connectivity index (χ1) is 9.25. The second-order valence-corrected chi connectivity index (χ2v) is 6.34. The summed E-state index contributed by atoms with van der Waals surface area (Å²) in [6.07, 6.45) is 0. The highest BCUT2D eigenvalue weighted by Gasteiger charge is 2.65. The third-order valence-corrected chi connectivity index (χ3v) is 4.32. The summed E-state index contributed by atoms with van der Waals surface area (Å²) in [5.74, 6) is -2.20. The molecule has 1 aromatic carbocycles. The molecule has 5 heteroatoms. The van der Waals surface area contributed by atoms with Gasteiger partial charge in [-0.15, -0.1) is 0 Å². The van der Waals surface area contributed by atoms with Gasteiger partial charge in [0.05, 0.1) is 17.9 Å². The number of carboxylic acid groups (broad SMARTS) is 1. The van der Waals surface area contributed by atoms with Crippen molar-refractivity contribution in [1.82, 2.24) is 5.32 Å². The van der Waals surface area contributed by atoms with E-state index in [1.165, 1.54) is 0 Å². The second kappa shape index (κ2) is 5.09. The molecule has 0 aliphatic heterocycles. The van der Waals surface area contributed by atoms with Gasteiger partial charge in [-0.2, -0.15) is 0 Å². The number of nitrogens with one attached hydrogen (secondary N) is 1. The van der Waals surface area contributed by atoms with Gasteiger partial charge in [-0.3, -0.25) is 9.59 Å². The first-order valence-corrected chi connectivity index (χ1v) is 6.91. The predicted octanol–water partition coefficient (Wildman–Crippen LogP) is 2.87. The third kappa shape index (κ3) is 2.66. The summed E-state index contributed by atoms with van der Waals surface area (Å²) in [5, 5.41) is 12.6. The predicted molar refractivity (Wildman–Crippen MR) is 76.4 cm³/mol. The van der Waals surface area contributed by atoms with Crippen molar-refractivity contribution in [3.8, 4) is 0 Å². The molecule has 0 spiro atoms. The summed E-state index contributed by atoms with van der Waals surface area (Å²) in [5.41, 5.74) is 0.417. The lowest BCUT2D eigenvalue weighted by Gasteiger charge is -2.15. The average molecular weight is 296 g/mol. The molecule has 4 nitrogen and oxygen atoms in total.